The Morgan fingerprint density at radius 3 is 2.33 bits per heavy atom. The molecule has 1 saturated carbocycles. The van der Waals surface area contributed by atoms with Gasteiger partial charge in [0.05, 0.1) is 0 Å². The van der Waals surface area contributed by atoms with Crippen LogP contribution in [0.3, 0.4) is 0 Å². The molecule has 0 bridgehead atoms. The van der Waals surface area contributed by atoms with Gasteiger partial charge in [0.1, 0.15) is 0 Å². The highest BCUT2D eigenvalue weighted by Crippen LogP contribution is 2.43. The number of hydrogen-bond donors (Lipinski definition) is 1. The topological polar surface area (TPSA) is 29.3 Å². The van der Waals surface area contributed by atoms with Gasteiger partial charge in [-0.3, -0.25) is 0 Å². The SMILES string of the molecule is CCc1ccc(N(C)CCC2(CN)CCC2)cc1. The molecule has 1 aromatic rings. The van der Waals surface area contributed by atoms with E-state index >= 15 is 0 Å². The smallest absolute Gasteiger partial charge is 0.0363 e. The maximum Gasteiger partial charge on any atom is 0.0363 e. The van der Waals surface area contributed by atoms with E-state index in [4.69, 9.17) is 5.73 Å². The summed E-state index contributed by atoms with van der Waals surface area (Å²) in [6.45, 7) is 4.17. The van der Waals surface area contributed by atoms with Crippen molar-refractivity contribution in [1.82, 2.24) is 0 Å². The molecule has 0 saturated heterocycles. The summed E-state index contributed by atoms with van der Waals surface area (Å²) in [5.74, 6) is 0. The van der Waals surface area contributed by atoms with Crippen LogP contribution in [0.2, 0.25) is 0 Å². The zero-order chi connectivity index (χ0) is 13.0. The second-order valence-electron chi connectivity index (χ2n) is 5.75. The van der Waals surface area contributed by atoms with E-state index in [0.29, 0.717) is 5.41 Å². The molecule has 2 nitrogen and oxygen atoms in total. The van der Waals surface area contributed by atoms with Crippen molar-refractivity contribution in [3.8, 4) is 0 Å². The van der Waals surface area contributed by atoms with E-state index in [1.807, 2.05) is 0 Å². The highest BCUT2D eigenvalue weighted by atomic mass is 15.1. The molecule has 0 aromatic heterocycles. The lowest BCUT2D eigenvalue weighted by Gasteiger charge is -2.42. The lowest BCUT2D eigenvalue weighted by molar-refractivity contribution is 0.134. The largest absolute Gasteiger partial charge is 0.375 e. The minimum Gasteiger partial charge on any atom is -0.375 e. The summed E-state index contributed by atoms with van der Waals surface area (Å²) >= 11 is 0. The van der Waals surface area contributed by atoms with Crippen LogP contribution in [0.15, 0.2) is 24.3 Å². The Labute approximate surface area is 111 Å². The van der Waals surface area contributed by atoms with Crippen molar-refractivity contribution in [3.05, 3.63) is 29.8 Å². The van der Waals surface area contributed by atoms with Gasteiger partial charge < -0.3 is 10.6 Å². The van der Waals surface area contributed by atoms with Crippen molar-refractivity contribution in [1.29, 1.82) is 0 Å². The lowest BCUT2D eigenvalue weighted by Crippen LogP contribution is -2.40. The molecule has 100 valence electrons. The zero-order valence-electron chi connectivity index (χ0n) is 11.8. The number of rotatable bonds is 6. The van der Waals surface area contributed by atoms with Crippen molar-refractivity contribution in [3.63, 3.8) is 0 Å². The molecule has 0 spiro atoms. The third-order valence-electron chi connectivity index (χ3n) is 4.61. The second kappa shape index (κ2) is 5.75. The molecule has 1 fully saturated rings. The molecule has 0 atom stereocenters. The van der Waals surface area contributed by atoms with E-state index in [-0.39, 0.29) is 0 Å². The predicted molar refractivity (Wildman–Crippen MR) is 79.0 cm³/mol. The number of nitrogens with zero attached hydrogens (tertiary/aromatic N) is 1. The number of nitrogens with two attached hydrogens (primary N) is 1. The standard InChI is InChI=1S/C16H26N2/c1-3-14-5-7-15(8-6-14)18(2)12-11-16(13-17)9-4-10-16/h5-8H,3-4,9-13,17H2,1-2H3. The zero-order valence-corrected chi connectivity index (χ0v) is 11.8. The monoisotopic (exact) mass is 246 g/mol. The van der Waals surface area contributed by atoms with Gasteiger partial charge in [0.25, 0.3) is 0 Å². The molecule has 1 aliphatic rings. The maximum absolute atomic E-state index is 5.91. The predicted octanol–water partition coefficient (Wildman–Crippen LogP) is 3.20. The van der Waals surface area contributed by atoms with E-state index < -0.39 is 0 Å². The van der Waals surface area contributed by atoms with Crippen LogP contribution < -0.4 is 10.6 Å². The van der Waals surface area contributed by atoms with Crippen LogP contribution >= 0.6 is 0 Å². The first-order chi connectivity index (χ1) is 8.69. The van der Waals surface area contributed by atoms with Gasteiger partial charge in [0, 0.05) is 19.3 Å². The third-order valence-corrected chi connectivity index (χ3v) is 4.61. The van der Waals surface area contributed by atoms with Gasteiger partial charge in [-0.05, 0) is 55.3 Å². The fourth-order valence-corrected chi connectivity index (χ4v) is 2.75. The van der Waals surface area contributed by atoms with Gasteiger partial charge in [-0.15, -0.1) is 0 Å². The van der Waals surface area contributed by atoms with Gasteiger partial charge in [-0.2, -0.15) is 0 Å². The maximum atomic E-state index is 5.91. The summed E-state index contributed by atoms with van der Waals surface area (Å²) in [5.41, 5.74) is 9.09. The van der Waals surface area contributed by atoms with Crippen LogP contribution in [0.1, 0.15) is 38.2 Å². The Hall–Kier alpha value is -1.02. The first-order valence-electron chi connectivity index (χ1n) is 7.19. The fourth-order valence-electron chi connectivity index (χ4n) is 2.75. The highest BCUT2D eigenvalue weighted by molar-refractivity contribution is 5.46. The molecule has 0 radical (unpaired) electrons. The fraction of sp³-hybridized carbons (Fsp3) is 0.625. The lowest BCUT2D eigenvalue weighted by atomic mass is 9.66. The van der Waals surface area contributed by atoms with Crippen molar-refractivity contribution in [2.24, 2.45) is 11.1 Å². The summed E-state index contributed by atoms with van der Waals surface area (Å²) in [7, 11) is 2.18. The molecule has 0 aliphatic heterocycles. The van der Waals surface area contributed by atoms with Gasteiger partial charge in [-0.25, -0.2) is 0 Å². The number of benzene rings is 1. The molecule has 2 N–H and O–H groups in total. The van der Waals surface area contributed by atoms with Crippen LogP contribution in [-0.4, -0.2) is 20.1 Å². The Bertz CT molecular complexity index is 360. The van der Waals surface area contributed by atoms with E-state index in [1.54, 1.807) is 0 Å². The van der Waals surface area contributed by atoms with Crippen molar-refractivity contribution < 1.29 is 0 Å². The van der Waals surface area contributed by atoms with Crippen LogP contribution in [0.25, 0.3) is 0 Å². The molecule has 2 heteroatoms. The Kier molecular flexibility index (Phi) is 4.28. The van der Waals surface area contributed by atoms with Crippen molar-refractivity contribution in [2.45, 2.75) is 39.0 Å². The molecule has 18 heavy (non-hydrogen) atoms. The van der Waals surface area contributed by atoms with Gasteiger partial charge in [0.2, 0.25) is 0 Å². The van der Waals surface area contributed by atoms with Crippen LogP contribution in [0.4, 0.5) is 5.69 Å². The number of hydrogen-bond acceptors (Lipinski definition) is 2. The van der Waals surface area contributed by atoms with Crippen LogP contribution in [-0.2, 0) is 6.42 Å². The summed E-state index contributed by atoms with van der Waals surface area (Å²) < 4.78 is 0. The molecule has 0 heterocycles. The normalized spacial score (nSPS) is 17.3. The van der Waals surface area contributed by atoms with E-state index in [0.717, 1.165) is 19.5 Å². The van der Waals surface area contributed by atoms with Gasteiger partial charge >= 0.3 is 0 Å². The summed E-state index contributed by atoms with van der Waals surface area (Å²) in [6.07, 6.45) is 6.36. The molecule has 1 aromatic carbocycles. The average Bonchev–Trinajstić information content (AvgIpc) is 2.38. The van der Waals surface area contributed by atoms with E-state index in [9.17, 15) is 0 Å². The average molecular weight is 246 g/mol. The minimum absolute atomic E-state index is 0.456. The van der Waals surface area contributed by atoms with Gasteiger partial charge in [-0.1, -0.05) is 25.5 Å². The molecule has 2 rings (SSSR count). The second-order valence-corrected chi connectivity index (χ2v) is 5.75. The number of aryl methyl sites for hydroxylation is 1. The van der Waals surface area contributed by atoms with E-state index in [1.165, 1.54) is 36.9 Å². The van der Waals surface area contributed by atoms with Crippen LogP contribution in [0.5, 0.6) is 0 Å². The van der Waals surface area contributed by atoms with Gasteiger partial charge in [0.15, 0.2) is 0 Å². The van der Waals surface area contributed by atoms with Crippen molar-refractivity contribution >= 4 is 5.69 Å². The molecular weight excluding hydrogens is 220 g/mol. The minimum atomic E-state index is 0.456. The Morgan fingerprint density at radius 1 is 1.22 bits per heavy atom. The van der Waals surface area contributed by atoms with Crippen LogP contribution in [0, 0.1) is 5.41 Å². The molecule has 0 amide bonds. The first kappa shape index (κ1) is 13.4. The Morgan fingerprint density at radius 2 is 1.89 bits per heavy atom. The van der Waals surface area contributed by atoms with E-state index in [2.05, 4.69) is 43.1 Å². The third kappa shape index (κ3) is 2.86. The highest BCUT2D eigenvalue weighted by Gasteiger charge is 2.35. The molecular formula is C16H26N2. The Balaban J connectivity index is 1.88. The summed E-state index contributed by atoms with van der Waals surface area (Å²) in [5, 5.41) is 0. The van der Waals surface area contributed by atoms with Crippen molar-refractivity contribution in [2.75, 3.05) is 25.0 Å². The quantitative estimate of drug-likeness (QED) is 0.835. The first-order valence-corrected chi connectivity index (χ1v) is 7.19. The summed E-state index contributed by atoms with van der Waals surface area (Å²) in [6, 6.07) is 8.92. The number of anilines is 1. The molecule has 0 unspecified atom stereocenters. The summed E-state index contributed by atoms with van der Waals surface area (Å²) in [4.78, 5) is 2.36. The molecule has 1 aliphatic carbocycles.